The predicted molar refractivity (Wildman–Crippen MR) is 72.9 cm³/mol. The van der Waals surface area contributed by atoms with E-state index in [2.05, 4.69) is 17.0 Å². The van der Waals surface area contributed by atoms with Crippen LogP contribution in [-0.4, -0.2) is 49.8 Å². The molecule has 104 valence electrons. The van der Waals surface area contributed by atoms with Crippen LogP contribution in [0.5, 0.6) is 0 Å². The molecular formula is C15H21NO3. The van der Waals surface area contributed by atoms with Crippen molar-refractivity contribution >= 4 is 5.97 Å². The van der Waals surface area contributed by atoms with Crippen LogP contribution in [0, 0.1) is 0 Å². The van der Waals surface area contributed by atoms with Crippen molar-refractivity contribution in [2.24, 2.45) is 0 Å². The molecule has 0 aromatic heterocycles. The maximum atomic E-state index is 11.6. The Hall–Kier alpha value is -1.39. The lowest BCUT2D eigenvalue weighted by Gasteiger charge is -2.35. The summed E-state index contributed by atoms with van der Waals surface area (Å²) >= 11 is 0. The number of carbonyl (C=O) groups excluding carboxylic acids is 1. The minimum atomic E-state index is -0.202. The van der Waals surface area contributed by atoms with Gasteiger partial charge in [-0.2, -0.15) is 0 Å². The fraction of sp³-hybridized carbons (Fsp3) is 0.533. The van der Waals surface area contributed by atoms with E-state index in [1.165, 1.54) is 12.7 Å². The summed E-state index contributed by atoms with van der Waals surface area (Å²) < 4.78 is 10.6. The number of carbonyl (C=O) groups is 1. The van der Waals surface area contributed by atoms with E-state index in [9.17, 15) is 4.79 Å². The van der Waals surface area contributed by atoms with E-state index in [1.807, 2.05) is 25.1 Å². The summed E-state index contributed by atoms with van der Waals surface area (Å²) in [6.45, 7) is 4.10. The minimum Gasteiger partial charge on any atom is -0.468 e. The lowest BCUT2D eigenvalue weighted by atomic mass is 10.1. The molecule has 4 nitrogen and oxygen atoms in total. The van der Waals surface area contributed by atoms with Crippen LogP contribution in [0.4, 0.5) is 0 Å². The van der Waals surface area contributed by atoms with Gasteiger partial charge in [0.05, 0.1) is 19.8 Å². The largest absolute Gasteiger partial charge is 0.468 e. The average Bonchev–Trinajstić information content (AvgIpc) is 2.47. The number of benzene rings is 1. The molecule has 0 bridgehead atoms. The van der Waals surface area contributed by atoms with Gasteiger partial charge in [-0.3, -0.25) is 9.69 Å². The van der Waals surface area contributed by atoms with Crippen molar-refractivity contribution < 1.29 is 14.3 Å². The Bertz CT molecular complexity index is 407. The third-order valence-corrected chi connectivity index (χ3v) is 3.57. The van der Waals surface area contributed by atoms with E-state index < -0.39 is 0 Å². The monoisotopic (exact) mass is 263 g/mol. The van der Waals surface area contributed by atoms with Crippen LogP contribution in [0.25, 0.3) is 0 Å². The SMILES string of the molecule is COC(=O)[C@@H](C)N1CCO[C@H](Cc2ccccc2)C1. The fourth-order valence-corrected chi connectivity index (χ4v) is 2.41. The van der Waals surface area contributed by atoms with Crippen molar-refractivity contribution in [2.75, 3.05) is 26.8 Å². The van der Waals surface area contributed by atoms with Crippen molar-refractivity contribution in [3.63, 3.8) is 0 Å². The molecule has 1 saturated heterocycles. The molecule has 0 unspecified atom stereocenters. The maximum Gasteiger partial charge on any atom is 0.322 e. The molecule has 0 N–H and O–H groups in total. The first kappa shape index (κ1) is 14.0. The summed E-state index contributed by atoms with van der Waals surface area (Å²) in [5.41, 5.74) is 1.26. The quantitative estimate of drug-likeness (QED) is 0.772. The number of methoxy groups -OCH3 is 1. The van der Waals surface area contributed by atoms with Crippen LogP contribution < -0.4 is 0 Å². The molecule has 1 fully saturated rings. The second-order valence-corrected chi connectivity index (χ2v) is 4.88. The van der Waals surface area contributed by atoms with Gasteiger partial charge in [-0.1, -0.05) is 30.3 Å². The van der Waals surface area contributed by atoms with Gasteiger partial charge in [0.1, 0.15) is 6.04 Å². The molecule has 1 aliphatic heterocycles. The number of rotatable bonds is 4. The van der Waals surface area contributed by atoms with E-state index in [4.69, 9.17) is 9.47 Å². The zero-order valence-electron chi connectivity index (χ0n) is 11.5. The van der Waals surface area contributed by atoms with Gasteiger partial charge in [-0.25, -0.2) is 0 Å². The van der Waals surface area contributed by atoms with E-state index >= 15 is 0 Å². The van der Waals surface area contributed by atoms with Crippen molar-refractivity contribution in [3.8, 4) is 0 Å². The number of morpholine rings is 1. The van der Waals surface area contributed by atoms with Gasteiger partial charge >= 0.3 is 5.97 Å². The molecule has 0 amide bonds. The molecule has 1 aliphatic rings. The minimum absolute atomic E-state index is 0.142. The number of nitrogens with zero attached hydrogens (tertiary/aromatic N) is 1. The first-order valence-corrected chi connectivity index (χ1v) is 6.68. The van der Waals surface area contributed by atoms with Crippen LogP contribution >= 0.6 is 0 Å². The second kappa shape index (κ2) is 6.68. The number of esters is 1. The van der Waals surface area contributed by atoms with Crippen molar-refractivity contribution in [2.45, 2.75) is 25.5 Å². The molecule has 0 aliphatic carbocycles. The van der Waals surface area contributed by atoms with Crippen molar-refractivity contribution in [1.29, 1.82) is 0 Å². The van der Waals surface area contributed by atoms with Crippen LogP contribution in [-0.2, 0) is 20.7 Å². The molecular weight excluding hydrogens is 242 g/mol. The molecule has 1 heterocycles. The predicted octanol–water partition coefficient (Wildman–Crippen LogP) is 1.49. The molecule has 2 rings (SSSR count). The first-order chi connectivity index (χ1) is 9.20. The molecule has 1 aromatic rings. The summed E-state index contributed by atoms with van der Waals surface area (Å²) in [5, 5.41) is 0. The zero-order chi connectivity index (χ0) is 13.7. The van der Waals surface area contributed by atoms with Gasteiger partial charge in [0.25, 0.3) is 0 Å². The van der Waals surface area contributed by atoms with E-state index in [0.717, 1.165) is 19.5 Å². The van der Waals surface area contributed by atoms with E-state index in [1.54, 1.807) is 0 Å². The highest BCUT2D eigenvalue weighted by atomic mass is 16.5. The highest BCUT2D eigenvalue weighted by Crippen LogP contribution is 2.14. The number of hydrogen-bond acceptors (Lipinski definition) is 4. The molecule has 0 saturated carbocycles. The van der Waals surface area contributed by atoms with Gasteiger partial charge in [-0.15, -0.1) is 0 Å². The smallest absolute Gasteiger partial charge is 0.322 e. The van der Waals surface area contributed by atoms with Crippen LogP contribution in [0.1, 0.15) is 12.5 Å². The van der Waals surface area contributed by atoms with Crippen LogP contribution in [0.15, 0.2) is 30.3 Å². The Labute approximate surface area is 114 Å². The Morgan fingerprint density at radius 2 is 2.21 bits per heavy atom. The van der Waals surface area contributed by atoms with Gasteiger partial charge in [0, 0.05) is 13.1 Å². The van der Waals surface area contributed by atoms with E-state index in [0.29, 0.717) is 6.61 Å². The lowest BCUT2D eigenvalue weighted by Crippen LogP contribution is -2.50. The topological polar surface area (TPSA) is 38.8 Å². The van der Waals surface area contributed by atoms with Crippen molar-refractivity contribution in [3.05, 3.63) is 35.9 Å². The normalized spacial score (nSPS) is 21.9. The molecule has 0 radical (unpaired) electrons. The average molecular weight is 263 g/mol. The van der Waals surface area contributed by atoms with Crippen LogP contribution in [0.2, 0.25) is 0 Å². The summed E-state index contributed by atoms with van der Waals surface area (Å²) in [6.07, 6.45) is 1.02. The summed E-state index contributed by atoms with van der Waals surface area (Å²) in [4.78, 5) is 13.7. The van der Waals surface area contributed by atoms with Gasteiger partial charge < -0.3 is 9.47 Å². The highest BCUT2D eigenvalue weighted by Gasteiger charge is 2.28. The second-order valence-electron chi connectivity index (χ2n) is 4.88. The van der Waals surface area contributed by atoms with E-state index in [-0.39, 0.29) is 18.1 Å². The molecule has 19 heavy (non-hydrogen) atoms. The molecule has 4 heteroatoms. The Morgan fingerprint density at radius 1 is 1.47 bits per heavy atom. The number of hydrogen-bond donors (Lipinski definition) is 0. The van der Waals surface area contributed by atoms with Gasteiger partial charge in [-0.05, 0) is 18.9 Å². The van der Waals surface area contributed by atoms with Gasteiger partial charge in [0.2, 0.25) is 0 Å². The number of ether oxygens (including phenoxy) is 2. The fourth-order valence-electron chi connectivity index (χ4n) is 2.41. The maximum absolute atomic E-state index is 11.6. The summed E-state index contributed by atoms with van der Waals surface area (Å²) in [6, 6.07) is 10.1. The van der Waals surface area contributed by atoms with Crippen LogP contribution in [0.3, 0.4) is 0 Å². The lowest BCUT2D eigenvalue weighted by molar-refractivity contribution is -0.149. The molecule has 1 aromatic carbocycles. The standard InChI is InChI=1S/C15H21NO3/c1-12(15(17)18-2)16-8-9-19-14(11-16)10-13-6-4-3-5-7-13/h3-7,12,14H,8-11H2,1-2H3/t12-,14-/m1/s1. The van der Waals surface area contributed by atoms with Gasteiger partial charge in [0.15, 0.2) is 0 Å². The van der Waals surface area contributed by atoms with Crippen molar-refractivity contribution in [1.82, 2.24) is 4.90 Å². The third-order valence-electron chi connectivity index (χ3n) is 3.57. The Kier molecular flexibility index (Phi) is 4.93. The third kappa shape index (κ3) is 3.78. The Balaban J connectivity index is 1.92. The Morgan fingerprint density at radius 3 is 2.89 bits per heavy atom. The highest BCUT2D eigenvalue weighted by molar-refractivity contribution is 5.75. The summed E-state index contributed by atoms with van der Waals surface area (Å²) in [7, 11) is 1.43. The summed E-state index contributed by atoms with van der Waals surface area (Å²) in [5.74, 6) is -0.180. The molecule has 0 spiro atoms. The first-order valence-electron chi connectivity index (χ1n) is 6.68. The zero-order valence-corrected chi connectivity index (χ0v) is 11.5. The molecule has 2 atom stereocenters.